The number of allylic oxidation sites excluding steroid dienone is 7. The summed E-state index contributed by atoms with van der Waals surface area (Å²) in [4.78, 5) is 2.58. The van der Waals surface area contributed by atoms with Crippen LogP contribution in [0.5, 0.6) is 0 Å². The zero-order chi connectivity index (χ0) is 31.1. The first-order valence-electron chi connectivity index (χ1n) is 16.3. The lowest BCUT2D eigenvalue weighted by atomic mass is 9.79. The lowest BCUT2D eigenvalue weighted by molar-refractivity contribution is -0.401. The largest absolute Gasteiger partial charge is 0.344 e. The zero-order valence-electron chi connectivity index (χ0n) is 27.5. The van der Waals surface area contributed by atoms with Gasteiger partial charge in [0.2, 0.25) is 5.69 Å². The molecule has 0 aliphatic carbocycles. The fourth-order valence-corrected chi connectivity index (χ4v) is 7.70. The third kappa shape index (κ3) is 5.15. The third-order valence-electron chi connectivity index (χ3n) is 9.86. The molecular weight excluding hydrogens is 532 g/mol. The predicted octanol–water partition coefficient (Wildman–Crippen LogP) is 10.9. The van der Waals surface area contributed by atoms with Crippen LogP contribution in [-0.2, 0) is 10.8 Å². The van der Waals surface area contributed by atoms with Gasteiger partial charge < -0.3 is 4.90 Å². The molecule has 0 saturated carbocycles. The molecule has 2 heteroatoms. The number of unbranched alkanes of at least 4 members (excludes halogenated alkanes) is 2. The van der Waals surface area contributed by atoms with Crippen molar-refractivity contribution in [3.05, 3.63) is 132 Å². The molecule has 0 fully saturated rings. The average Bonchev–Trinajstić information content (AvgIpc) is 3.34. The molecule has 0 saturated heterocycles. The molecule has 6 rings (SSSR count). The quantitative estimate of drug-likeness (QED) is 0.0827. The van der Waals surface area contributed by atoms with E-state index in [4.69, 9.17) is 0 Å². The number of benzene rings is 4. The van der Waals surface area contributed by atoms with Crippen LogP contribution in [0, 0.1) is 0 Å². The summed E-state index contributed by atoms with van der Waals surface area (Å²) in [5, 5.41) is 5.33. The van der Waals surface area contributed by atoms with Crippen molar-refractivity contribution >= 4 is 38.6 Å². The maximum Gasteiger partial charge on any atom is 0.210 e. The van der Waals surface area contributed by atoms with Gasteiger partial charge in [0.05, 0.1) is 5.41 Å². The minimum absolute atomic E-state index is 0.0785. The Morgan fingerprint density at radius 1 is 0.750 bits per heavy atom. The van der Waals surface area contributed by atoms with Gasteiger partial charge in [-0.05, 0) is 85.4 Å². The lowest BCUT2D eigenvalue weighted by Crippen LogP contribution is -2.27. The highest BCUT2D eigenvalue weighted by molar-refractivity contribution is 6.07. The first kappa shape index (κ1) is 29.9. The third-order valence-corrected chi connectivity index (χ3v) is 9.86. The molecule has 0 amide bonds. The van der Waals surface area contributed by atoms with Crippen molar-refractivity contribution in [2.24, 2.45) is 0 Å². The van der Waals surface area contributed by atoms with Crippen molar-refractivity contribution in [1.82, 2.24) is 0 Å². The molecule has 0 bridgehead atoms. The van der Waals surface area contributed by atoms with Crippen LogP contribution in [0.4, 0.5) is 11.4 Å². The van der Waals surface area contributed by atoms with E-state index in [1.54, 1.807) is 0 Å². The summed E-state index contributed by atoms with van der Waals surface area (Å²) in [5.41, 5.74) is 9.33. The molecule has 4 aromatic carbocycles. The minimum atomic E-state index is -0.0902. The molecule has 224 valence electrons. The number of fused-ring (bicyclic) bond motifs is 6. The van der Waals surface area contributed by atoms with Gasteiger partial charge in [0.1, 0.15) is 7.05 Å². The van der Waals surface area contributed by atoms with Crippen molar-refractivity contribution in [3.8, 4) is 0 Å². The highest BCUT2D eigenvalue weighted by atomic mass is 15.2. The van der Waals surface area contributed by atoms with Crippen LogP contribution < -0.4 is 4.90 Å². The topological polar surface area (TPSA) is 6.25 Å². The highest BCUT2D eigenvalue weighted by Crippen LogP contribution is 2.51. The van der Waals surface area contributed by atoms with Gasteiger partial charge in [0.15, 0.2) is 5.71 Å². The second kappa shape index (κ2) is 11.7. The van der Waals surface area contributed by atoms with Crippen LogP contribution in [-0.4, -0.2) is 23.9 Å². The standard InChI is InChI=1S/C42H47N2/c1-30(2)18-10-9-17-29-44-36-28-26-32-20-14-16-22-34(32)40(36)42(5,6)38(44)24-12-8-11-23-37-41(3,4)39-33-21-15-13-19-31(33)25-27-35(39)43(37)7/h8,11-16,19-28H,1,9-10,17-18,29H2,2-7H3/q+1. The second-order valence-corrected chi connectivity index (χ2v) is 13.8. The van der Waals surface area contributed by atoms with Crippen LogP contribution in [0.25, 0.3) is 21.5 Å². The summed E-state index contributed by atoms with van der Waals surface area (Å²) in [6.07, 6.45) is 16.0. The summed E-state index contributed by atoms with van der Waals surface area (Å²) >= 11 is 0. The van der Waals surface area contributed by atoms with E-state index in [0.717, 1.165) is 13.0 Å². The van der Waals surface area contributed by atoms with Crippen LogP contribution in [0.3, 0.4) is 0 Å². The Hall–Kier alpha value is -4.17. The van der Waals surface area contributed by atoms with E-state index in [2.05, 4.69) is 161 Å². The molecular formula is C42H47N2+. The Morgan fingerprint density at radius 3 is 2.11 bits per heavy atom. The Labute approximate surface area is 264 Å². The fourth-order valence-electron chi connectivity index (χ4n) is 7.70. The number of hydrogen-bond acceptors (Lipinski definition) is 1. The van der Waals surface area contributed by atoms with Crippen LogP contribution in [0.2, 0.25) is 0 Å². The SMILES string of the molecule is C=C(C)CCCCCN1/C(=C/C=C/C=C/C2=[N+](C)c3ccc4ccccc4c3C2(C)C)C(C)(C)c2c1ccc1ccccc21. The molecule has 0 aromatic heterocycles. The Bertz CT molecular complexity index is 1870. The van der Waals surface area contributed by atoms with E-state index in [1.807, 2.05) is 0 Å². The Kier molecular flexibility index (Phi) is 7.97. The predicted molar refractivity (Wildman–Crippen MR) is 192 cm³/mol. The normalized spacial score (nSPS) is 18.0. The Morgan fingerprint density at radius 2 is 1.41 bits per heavy atom. The van der Waals surface area contributed by atoms with Crippen molar-refractivity contribution in [2.75, 3.05) is 18.5 Å². The molecule has 2 aliphatic rings. The second-order valence-electron chi connectivity index (χ2n) is 13.8. The summed E-state index contributed by atoms with van der Waals surface area (Å²) in [5.74, 6) is 0. The maximum atomic E-state index is 4.09. The van der Waals surface area contributed by atoms with Gasteiger partial charge in [0.25, 0.3) is 0 Å². The average molecular weight is 580 g/mol. The highest BCUT2D eigenvalue weighted by Gasteiger charge is 2.44. The van der Waals surface area contributed by atoms with Gasteiger partial charge in [-0.1, -0.05) is 98.7 Å². The first-order valence-corrected chi connectivity index (χ1v) is 16.3. The maximum absolute atomic E-state index is 4.09. The van der Waals surface area contributed by atoms with Crippen molar-refractivity contribution in [2.45, 2.75) is 71.1 Å². The van der Waals surface area contributed by atoms with Crippen LogP contribution >= 0.6 is 0 Å². The molecule has 2 nitrogen and oxygen atoms in total. The molecule has 2 heterocycles. The first-order chi connectivity index (χ1) is 21.1. The van der Waals surface area contributed by atoms with Crippen molar-refractivity contribution in [3.63, 3.8) is 0 Å². The van der Waals surface area contributed by atoms with E-state index in [9.17, 15) is 0 Å². The van der Waals surface area contributed by atoms with Crippen molar-refractivity contribution in [1.29, 1.82) is 0 Å². The molecule has 0 N–H and O–H groups in total. The molecule has 0 atom stereocenters. The number of nitrogens with zero attached hydrogens (tertiary/aromatic N) is 2. The summed E-state index contributed by atoms with van der Waals surface area (Å²) in [6, 6.07) is 26.8. The smallest absolute Gasteiger partial charge is 0.210 e. The monoisotopic (exact) mass is 579 g/mol. The van der Waals surface area contributed by atoms with Gasteiger partial charge >= 0.3 is 0 Å². The molecule has 44 heavy (non-hydrogen) atoms. The number of anilines is 1. The molecule has 0 unspecified atom stereocenters. The molecule has 0 radical (unpaired) electrons. The molecule has 2 aliphatic heterocycles. The van der Waals surface area contributed by atoms with Gasteiger partial charge in [-0.15, -0.1) is 6.58 Å². The summed E-state index contributed by atoms with van der Waals surface area (Å²) < 4.78 is 2.36. The van der Waals surface area contributed by atoms with Gasteiger partial charge in [-0.25, -0.2) is 0 Å². The van der Waals surface area contributed by atoms with Gasteiger partial charge in [0, 0.05) is 41.1 Å². The summed E-state index contributed by atoms with van der Waals surface area (Å²) in [7, 11) is 2.20. The van der Waals surface area contributed by atoms with E-state index in [-0.39, 0.29) is 10.8 Å². The Balaban J connectivity index is 1.29. The number of rotatable bonds is 9. The van der Waals surface area contributed by atoms with Crippen molar-refractivity contribution < 1.29 is 4.58 Å². The summed E-state index contributed by atoms with van der Waals surface area (Å²) in [6.45, 7) is 16.7. The minimum Gasteiger partial charge on any atom is -0.344 e. The zero-order valence-corrected chi connectivity index (χ0v) is 27.5. The van der Waals surface area contributed by atoms with E-state index >= 15 is 0 Å². The van der Waals surface area contributed by atoms with Gasteiger partial charge in [-0.2, -0.15) is 4.58 Å². The van der Waals surface area contributed by atoms with E-state index in [0.29, 0.717) is 0 Å². The van der Waals surface area contributed by atoms with Crippen LogP contribution in [0.1, 0.15) is 71.4 Å². The van der Waals surface area contributed by atoms with Crippen LogP contribution in [0.15, 0.2) is 121 Å². The number of hydrogen-bond donors (Lipinski definition) is 0. The fraction of sp³-hybridized carbons (Fsp3) is 0.310. The van der Waals surface area contributed by atoms with Gasteiger partial charge in [-0.3, -0.25) is 0 Å². The molecule has 0 spiro atoms. The van der Waals surface area contributed by atoms with E-state index in [1.165, 1.54) is 80.3 Å². The molecule has 4 aromatic rings. The van der Waals surface area contributed by atoms with E-state index < -0.39 is 0 Å². The lowest BCUT2D eigenvalue weighted by Gasteiger charge is -2.27.